The highest BCUT2D eigenvalue weighted by Crippen LogP contribution is 2.18. The van der Waals surface area contributed by atoms with E-state index in [1.165, 1.54) is 0 Å². The number of aliphatic hydroxyl groups is 4. The van der Waals surface area contributed by atoms with Gasteiger partial charge in [-0.2, -0.15) is 0 Å². The Kier molecular flexibility index (Phi) is 5.36. The van der Waals surface area contributed by atoms with Gasteiger partial charge in [-0.1, -0.05) is 13.8 Å². The third-order valence-electron chi connectivity index (χ3n) is 1.52. The smallest absolute Gasteiger partial charge is 0.184 e. The zero-order valence-electron chi connectivity index (χ0n) is 7.21. The van der Waals surface area contributed by atoms with Crippen molar-refractivity contribution >= 4 is 0 Å². The van der Waals surface area contributed by atoms with Gasteiger partial charge in [0.05, 0.1) is 6.61 Å². The number of rotatable bonds is 1. The van der Waals surface area contributed by atoms with Crippen LogP contribution in [0.5, 0.6) is 0 Å². The first-order chi connectivity index (χ1) is 5.66. The Bertz CT molecular complexity index is 118. The van der Waals surface area contributed by atoms with Gasteiger partial charge in [-0.3, -0.25) is 0 Å². The molecule has 1 aliphatic rings. The molecule has 0 amide bonds. The van der Waals surface area contributed by atoms with Gasteiger partial charge < -0.3 is 25.2 Å². The third kappa shape index (κ3) is 2.40. The van der Waals surface area contributed by atoms with E-state index in [0.29, 0.717) is 0 Å². The molecule has 1 unspecified atom stereocenters. The van der Waals surface area contributed by atoms with Crippen molar-refractivity contribution in [3.05, 3.63) is 0 Å². The van der Waals surface area contributed by atoms with Crippen molar-refractivity contribution in [3.8, 4) is 0 Å². The van der Waals surface area contributed by atoms with Crippen molar-refractivity contribution in [2.45, 2.75) is 38.4 Å². The first kappa shape index (κ1) is 11.8. The third-order valence-corrected chi connectivity index (χ3v) is 1.52. The van der Waals surface area contributed by atoms with Gasteiger partial charge in [0.15, 0.2) is 6.29 Å². The maximum absolute atomic E-state index is 8.93. The zero-order chi connectivity index (χ0) is 9.72. The van der Waals surface area contributed by atoms with Gasteiger partial charge >= 0.3 is 0 Å². The summed E-state index contributed by atoms with van der Waals surface area (Å²) in [5, 5.41) is 35.0. The molecule has 1 heterocycles. The van der Waals surface area contributed by atoms with Crippen molar-refractivity contribution < 1.29 is 25.2 Å². The molecule has 5 heteroatoms. The Labute approximate surface area is 71.2 Å². The lowest BCUT2D eigenvalue weighted by atomic mass is 10.1. The molecule has 5 nitrogen and oxygen atoms in total. The first-order valence-electron chi connectivity index (χ1n) is 3.97. The molecule has 0 aliphatic carbocycles. The molecule has 4 atom stereocenters. The standard InChI is InChI=1S/C5H10O5.C2H6/c6-1-2-3(7)4(8)5(9)10-2;1-2/h2-9H,1H2;1-2H3/t2?,3-,4-,5+;/m1./s1. The van der Waals surface area contributed by atoms with Gasteiger partial charge in [0, 0.05) is 0 Å². The van der Waals surface area contributed by atoms with E-state index in [1.807, 2.05) is 13.8 Å². The minimum absolute atomic E-state index is 0.407. The van der Waals surface area contributed by atoms with Gasteiger partial charge in [-0.05, 0) is 0 Å². The van der Waals surface area contributed by atoms with Crippen molar-refractivity contribution in [3.63, 3.8) is 0 Å². The van der Waals surface area contributed by atoms with Crippen LogP contribution in [0, 0.1) is 0 Å². The summed E-state index contributed by atoms with van der Waals surface area (Å²) < 4.78 is 4.54. The van der Waals surface area contributed by atoms with E-state index in [2.05, 4.69) is 4.74 Å². The topological polar surface area (TPSA) is 90.2 Å². The number of hydrogen-bond acceptors (Lipinski definition) is 5. The largest absolute Gasteiger partial charge is 0.394 e. The molecule has 0 bridgehead atoms. The first-order valence-corrected chi connectivity index (χ1v) is 3.97. The van der Waals surface area contributed by atoms with Crippen LogP contribution in [0.1, 0.15) is 13.8 Å². The van der Waals surface area contributed by atoms with Crippen LogP contribution in [0.3, 0.4) is 0 Å². The minimum Gasteiger partial charge on any atom is -0.394 e. The van der Waals surface area contributed by atoms with E-state index in [9.17, 15) is 0 Å². The van der Waals surface area contributed by atoms with Gasteiger partial charge in [-0.25, -0.2) is 0 Å². The quantitative estimate of drug-likeness (QED) is 0.392. The maximum Gasteiger partial charge on any atom is 0.184 e. The van der Waals surface area contributed by atoms with Crippen molar-refractivity contribution in [1.82, 2.24) is 0 Å². The van der Waals surface area contributed by atoms with Crippen LogP contribution in [0.25, 0.3) is 0 Å². The van der Waals surface area contributed by atoms with Crippen LogP contribution in [0.4, 0.5) is 0 Å². The molecule has 0 saturated carbocycles. The summed E-state index contributed by atoms with van der Waals surface area (Å²) in [6.07, 6.45) is -4.76. The van der Waals surface area contributed by atoms with E-state index in [-0.39, 0.29) is 0 Å². The molecular weight excluding hydrogens is 164 g/mol. The average molecular weight is 180 g/mol. The molecule has 0 aromatic carbocycles. The predicted octanol–water partition coefficient (Wildman–Crippen LogP) is -1.56. The molecule has 74 valence electrons. The van der Waals surface area contributed by atoms with Crippen LogP contribution >= 0.6 is 0 Å². The number of aliphatic hydroxyl groups excluding tert-OH is 4. The van der Waals surface area contributed by atoms with Crippen LogP contribution < -0.4 is 0 Å². The van der Waals surface area contributed by atoms with Gasteiger partial charge in [0.2, 0.25) is 0 Å². The van der Waals surface area contributed by atoms with Crippen LogP contribution in [0.15, 0.2) is 0 Å². The number of ether oxygens (including phenoxy) is 1. The van der Waals surface area contributed by atoms with Gasteiger partial charge in [-0.15, -0.1) is 0 Å². The van der Waals surface area contributed by atoms with Crippen LogP contribution in [-0.2, 0) is 4.74 Å². The van der Waals surface area contributed by atoms with E-state index in [1.54, 1.807) is 0 Å². The summed E-state index contributed by atoms with van der Waals surface area (Å²) in [6, 6.07) is 0. The highest BCUT2D eigenvalue weighted by Gasteiger charge is 2.41. The van der Waals surface area contributed by atoms with E-state index in [4.69, 9.17) is 20.4 Å². The van der Waals surface area contributed by atoms with Crippen LogP contribution in [0.2, 0.25) is 0 Å². The maximum atomic E-state index is 8.93. The monoisotopic (exact) mass is 180 g/mol. The molecule has 0 aromatic heterocycles. The zero-order valence-corrected chi connectivity index (χ0v) is 7.21. The lowest BCUT2D eigenvalue weighted by molar-refractivity contribution is -0.132. The van der Waals surface area contributed by atoms with Crippen molar-refractivity contribution in [2.75, 3.05) is 6.61 Å². The number of hydrogen-bond donors (Lipinski definition) is 4. The summed E-state index contributed by atoms with van der Waals surface area (Å²) in [5.74, 6) is 0. The summed E-state index contributed by atoms with van der Waals surface area (Å²) in [6.45, 7) is 3.59. The van der Waals surface area contributed by atoms with E-state index < -0.39 is 31.2 Å². The molecule has 1 fully saturated rings. The second-order valence-electron chi connectivity index (χ2n) is 2.23. The Morgan fingerprint density at radius 2 is 1.58 bits per heavy atom. The summed E-state index contributed by atoms with van der Waals surface area (Å²) in [7, 11) is 0. The minimum atomic E-state index is -1.38. The molecule has 12 heavy (non-hydrogen) atoms. The molecule has 1 saturated heterocycles. The fourth-order valence-electron chi connectivity index (χ4n) is 0.880. The second-order valence-corrected chi connectivity index (χ2v) is 2.23. The summed E-state index contributed by atoms with van der Waals surface area (Å²) in [5.41, 5.74) is 0. The highest BCUT2D eigenvalue weighted by atomic mass is 16.6. The van der Waals surface area contributed by atoms with Crippen molar-refractivity contribution in [1.29, 1.82) is 0 Å². The summed E-state index contributed by atoms with van der Waals surface area (Å²) in [4.78, 5) is 0. The van der Waals surface area contributed by atoms with E-state index in [0.717, 1.165) is 0 Å². The summed E-state index contributed by atoms with van der Waals surface area (Å²) >= 11 is 0. The molecule has 1 rings (SSSR count). The predicted molar refractivity (Wildman–Crippen MR) is 41.3 cm³/mol. The van der Waals surface area contributed by atoms with Gasteiger partial charge in [0.1, 0.15) is 18.3 Å². The molecule has 0 spiro atoms. The highest BCUT2D eigenvalue weighted by molar-refractivity contribution is 4.84. The lowest BCUT2D eigenvalue weighted by Gasteiger charge is -2.09. The Balaban J connectivity index is 0.000000561. The van der Waals surface area contributed by atoms with Crippen LogP contribution in [-0.4, -0.2) is 51.6 Å². The molecule has 0 radical (unpaired) electrons. The second kappa shape index (κ2) is 5.45. The van der Waals surface area contributed by atoms with Crippen molar-refractivity contribution in [2.24, 2.45) is 0 Å². The molecule has 1 aliphatic heterocycles. The SMILES string of the molecule is CC.OCC1O[C@H](O)[C@H](O)[C@@H]1O. The Morgan fingerprint density at radius 1 is 1.08 bits per heavy atom. The lowest BCUT2D eigenvalue weighted by Crippen LogP contribution is -2.33. The molecular formula is C7H16O5. The van der Waals surface area contributed by atoms with E-state index >= 15 is 0 Å². The Hall–Kier alpha value is -0.200. The molecule has 0 aromatic rings. The Morgan fingerprint density at radius 3 is 1.75 bits per heavy atom. The van der Waals surface area contributed by atoms with Gasteiger partial charge in [0.25, 0.3) is 0 Å². The normalized spacial score (nSPS) is 40.5. The fraction of sp³-hybridized carbons (Fsp3) is 1.00. The fourth-order valence-corrected chi connectivity index (χ4v) is 0.880. The molecule has 4 N–H and O–H groups in total. The average Bonchev–Trinajstić information content (AvgIpc) is 2.36.